The van der Waals surface area contributed by atoms with Crippen molar-refractivity contribution < 1.29 is 0 Å². The lowest BCUT2D eigenvalue weighted by Gasteiger charge is -2.26. The summed E-state index contributed by atoms with van der Waals surface area (Å²) in [6, 6.07) is 36.0. The molecule has 0 saturated carbocycles. The minimum atomic E-state index is -0.0685. The Hall–Kier alpha value is -2.24. The van der Waals surface area contributed by atoms with Crippen molar-refractivity contribution in [3.63, 3.8) is 0 Å². The predicted octanol–water partition coefficient (Wildman–Crippen LogP) is 13.8. The first-order valence-corrected chi connectivity index (χ1v) is 17.6. The van der Waals surface area contributed by atoms with E-state index < -0.39 is 0 Å². The highest BCUT2D eigenvalue weighted by molar-refractivity contribution is 9.24. The molecule has 0 atom stereocenters. The SMILES string of the molecule is Cc1cc(C)cc(-c2cc3ccccc3c(-c3c(C(Br)Br)c(-c4cc(C)cc(C)c4)cc4ccccc34)c2C(Br)Br)c1. The third kappa shape index (κ3) is 5.56. The Morgan fingerprint density at radius 1 is 0.429 bits per heavy atom. The smallest absolute Gasteiger partial charge is 0.0711 e. The van der Waals surface area contributed by atoms with Gasteiger partial charge in [0.2, 0.25) is 0 Å². The third-order valence-electron chi connectivity index (χ3n) is 7.93. The number of rotatable bonds is 5. The van der Waals surface area contributed by atoms with Crippen molar-refractivity contribution >= 4 is 85.3 Å². The summed E-state index contributed by atoms with van der Waals surface area (Å²) in [6.45, 7) is 8.71. The van der Waals surface area contributed by atoms with Crippen molar-refractivity contribution in [3.05, 3.63) is 130 Å². The quantitative estimate of drug-likeness (QED) is 0.152. The summed E-state index contributed by atoms with van der Waals surface area (Å²) in [4.78, 5) is 0. The van der Waals surface area contributed by atoms with Gasteiger partial charge < -0.3 is 0 Å². The lowest BCUT2D eigenvalue weighted by atomic mass is 9.81. The monoisotopic (exact) mass is 802 g/mol. The lowest BCUT2D eigenvalue weighted by Crippen LogP contribution is -2.02. The number of hydrogen-bond donors (Lipinski definition) is 0. The molecule has 210 valence electrons. The highest BCUT2D eigenvalue weighted by atomic mass is 79.9. The van der Waals surface area contributed by atoms with Crippen LogP contribution >= 0.6 is 63.7 Å². The standard InChI is InChI=1S/C38H30Br4/c1-21-13-22(2)16-27(15-21)31-19-25-9-5-7-11-29(25)33(35(31)37(39)40)34-30-12-8-6-10-26(30)20-32(36(34)38(41)42)28-17-23(3)14-24(4)18-28/h5-20,37-38H,1-4H3. The van der Waals surface area contributed by atoms with Crippen LogP contribution in [0.2, 0.25) is 0 Å². The van der Waals surface area contributed by atoms with E-state index in [1.807, 2.05) is 0 Å². The topological polar surface area (TPSA) is 0 Å². The van der Waals surface area contributed by atoms with Gasteiger partial charge >= 0.3 is 0 Å². The van der Waals surface area contributed by atoms with Crippen LogP contribution < -0.4 is 0 Å². The van der Waals surface area contributed by atoms with Crippen LogP contribution in [0, 0.1) is 27.7 Å². The van der Waals surface area contributed by atoms with E-state index in [0.29, 0.717) is 0 Å². The fraction of sp³-hybridized carbons (Fsp3) is 0.158. The molecule has 0 saturated heterocycles. The van der Waals surface area contributed by atoms with Gasteiger partial charge in [-0.3, -0.25) is 0 Å². The van der Waals surface area contributed by atoms with Gasteiger partial charge in [0, 0.05) is 0 Å². The summed E-state index contributed by atoms with van der Waals surface area (Å²) in [5, 5.41) is 4.90. The van der Waals surface area contributed by atoms with Crippen molar-refractivity contribution in [1.29, 1.82) is 0 Å². The van der Waals surface area contributed by atoms with E-state index in [2.05, 4.69) is 188 Å². The van der Waals surface area contributed by atoms with E-state index in [1.54, 1.807) is 0 Å². The van der Waals surface area contributed by atoms with E-state index in [9.17, 15) is 0 Å². The maximum absolute atomic E-state index is 4.00. The van der Waals surface area contributed by atoms with Gasteiger partial charge in [-0.2, -0.15) is 0 Å². The number of fused-ring (bicyclic) bond motifs is 2. The fourth-order valence-electron chi connectivity index (χ4n) is 6.46. The molecule has 0 aromatic heterocycles. The molecule has 0 aliphatic heterocycles. The molecule has 0 unspecified atom stereocenters. The average Bonchev–Trinajstić information content (AvgIpc) is 2.94. The van der Waals surface area contributed by atoms with Gasteiger partial charge in [0.05, 0.1) is 7.47 Å². The molecule has 0 bridgehead atoms. The van der Waals surface area contributed by atoms with Gasteiger partial charge in [-0.15, -0.1) is 0 Å². The Bertz CT molecular complexity index is 1800. The molecule has 6 aromatic carbocycles. The largest absolute Gasteiger partial charge is 0.0958 e. The normalized spacial score (nSPS) is 11.8. The second kappa shape index (κ2) is 12.0. The van der Waals surface area contributed by atoms with Gasteiger partial charge in [-0.05, 0) is 106 Å². The van der Waals surface area contributed by atoms with Crippen LogP contribution in [-0.4, -0.2) is 0 Å². The first-order chi connectivity index (χ1) is 20.1. The zero-order valence-corrected chi connectivity index (χ0v) is 30.2. The van der Waals surface area contributed by atoms with Crippen molar-refractivity contribution in [2.24, 2.45) is 0 Å². The van der Waals surface area contributed by atoms with Crippen molar-refractivity contribution in [2.75, 3.05) is 0 Å². The van der Waals surface area contributed by atoms with Crippen LogP contribution in [0.25, 0.3) is 54.9 Å². The van der Waals surface area contributed by atoms with Crippen LogP contribution in [0.5, 0.6) is 0 Å². The van der Waals surface area contributed by atoms with Gasteiger partial charge in [-0.25, -0.2) is 0 Å². The lowest BCUT2D eigenvalue weighted by molar-refractivity contribution is 1.35. The van der Waals surface area contributed by atoms with Crippen LogP contribution in [0.15, 0.2) is 97.1 Å². The van der Waals surface area contributed by atoms with Crippen molar-refractivity contribution in [3.8, 4) is 33.4 Å². The van der Waals surface area contributed by atoms with E-state index in [0.717, 1.165) is 0 Å². The molecule has 0 heterocycles. The Balaban J connectivity index is 1.86. The molecule has 0 spiro atoms. The third-order valence-corrected chi connectivity index (χ3v) is 9.76. The fourth-order valence-corrected chi connectivity index (χ4v) is 8.36. The second-order valence-electron chi connectivity index (χ2n) is 11.2. The summed E-state index contributed by atoms with van der Waals surface area (Å²) in [7, 11) is 0. The summed E-state index contributed by atoms with van der Waals surface area (Å²) < 4.78 is -0.137. The zero-order valence-electron chi connectivity index (χ0n) is 23.9. The Morgan fingerprint density at radius 2 is 0.762 bits per heavy atom. The van der Waals surface area contributed by atoms with Crippen LogP contribution in [0.1, 0.15) is 40.9 Å². The molecule has 6 aromatic rings. The van der Waals surface area contributed by atoms with E-state index in [4.69, 9.17) is 0 Å². The van der Waals surface area contributed by atoms with E-state index >= 15 is 0 Å². The highest BCUT2D eigenvalue weighted by Crippen LogP contribution is 2.53. The predicted molar refractivity (Wildman–Crippen MR) is 198 cm³/mol. The average molecular weight is 806 g/mol. The van der Waals surface area contributed by atoms with Gasteiger partial charge in [0.25, 0.3) is 0 Å². The summed E-state index contributed by atoms with van der Waals surface area (Å²) >= 11 is 16.0. The second-order valence-corrected chi connectivity index (χ2v) is 17.3. The van der Waals surface area contributed by atoms with Crippen LogP contribution in [0.4, 0.5) is 0 Å². The molecule has 0 aliphatic carbocycles. The minimum Gasteiger partial charge on any atom is -0.0711 e. The Labute approximate surface area is 282 Å². The maximum atomic E-state index is 4.00. The molecule has 0 amide bonds. The number of aryl methyl sites for hydroxylation is 4. The Morgan fingerprint density at radius 3 is 1.10 bits per heavy atom. The molecule has 0 fully saturated rings. The number of benzene rings is 6. The number of hydrogen-bond acceptors (Lipinski definition) is 0. The van der Waals surface area contributed by atoms with Gasteiger partial charge in [0.1, 0.15) is 0 Å². The molecule has 0 radical (unpaired) electrons. The zero-order chi connectivity index (χ0) is 29.7. The highest BCUT2D eigenvalue weighted by Gasteiger charge is 2.27. The van der Waals surface area contributed by atoms with Gasteiger partial charge in [-0.1, -0.05) is 171 Å². The molecule has 0 aliphatic rings. The molecule has 0 N–H and O–H groups in total. The molecular weight excluding hydrogens is 776 g/mol. The maximum Gasteiger partial charge on any atom is 0.0958 e. The van der Waals surface area contributed by atoms with Crippen LogP contribution in [-0.2, 0) is 0 Å². The van der Waals surface area contributed by atoms with Crippen molar-refractivity contribution in [2.45, 2.75) is 35.2 Å². The first-order valence-electron chi connectivity index (χ1n) is 14.0. The molecular formula is C38H30Br4. The summed E-state index contributed by atoms with van der Waals surface area (Å²) in [6.07, 6.45) is 0. The molecule has 42 heavy (non-hydrogen) atoms. The molecule has 4 heteroatoms. The van der Waals surface area contributed by atoms with Crippen LogP contribution in [0.3, 0.4) is 0 Å². The van der Waals surface area contributed by atoms with Gasteiger partial charge in [0.15, 0.2) is 0 Å². The minimum absolute atomic E-state index is 0.0685. The summed E-state index contributed by atoms with van der Waals surface area (Å²) in [5.41, 5.74) is 14.9. The Kier molecular flexibility index (Phi) is 8.54. The first kappa shape index (κ1) is 29.8. The van der Waals surface area contributed by atoms with E-state index in [1.165, 1.54) is 88.3 Å². The molecule has 6 rings (SSSR count). The van der Waals surface area contributed by atoms with Crippen molar-refractivity contribution in [1.82, 2.24) is 0 Å². The number of halogens is 4. The van der Waals surface area contributed by atoms with E-state index in [-0.39, 0.29) is 7.47 Å². The molecule has 0 nitrogen and oxygen atoms in total. The number of alkyl halides is 4. The summed E-state index contributed by atoms with van der Waals surface area (Å²) in [5.74, 6) is 0.